The number of rotatable bonds is 7. The van der Waals surface area contributed by atoms with Gasteiger partial charge in [0.05, 0.1) is 17.6 Å². The smallest absolute Gasteiger partial charge is 0.123 e. The van der Waals surface area contributed by atoms with Crippen LogP contribution in [0.25, 0.3) is 11.0 Å². The summed E-state index contributed by atoms with van der Waals surface area (Å²) < 4.78 is 2.30. The van der Waals surface area contributed by atoms with E-state index in [1.165, 1.54) is 36.8 Å². The molecule has 0 unspecified atom stereocenters. The number of imidazole rings is 1. The topological polar surface area (TPSA) is 43.8 Å². The molecule has 3 nitrogen and oxygen atoms in total. The molecule has 110 valence electrons. The fraction of sp³-hybridized carbons (Fsp3) is 0.588. The summed E-state index contributed by atoms with van der Waals surface area (Å²) >= 11 is 0. The molecule has 2 N–H and O–H groups in total. The zero-order valence-electron chi connectivity index (χ0n) is 13.0. The van der Waals surface area contributed by atoms with Gasteiger partial charge in [-0.1, -0.05) is 46.1 Å². The van der Waals surface area contributed by atoms with E-state index in [9.17, 15) is 0 Å². The molecule has 0 aliphatic heterocycles. The first-order valence-electron chi connectivity index (χ1n) is 7.86. The number of unbranched alkanes of at least 4 members (excludes halogenated alkanes) is 3. The molecule has 1 aromatic heterocycles. The van der Waals surface area contributed by atoms with Crippen LogP contribution < -0.4 is 5.73 Å². The van der Waals surface area contributed by atoms with Crippen LogP contribution in [0.3, 0.4) is 0 Å². The first-order valence-corrected chi connectivity index (χ1v) is 7.86. The Kier molecular flexibility index (Phi) is 5.18. The maximum Gasteiger partial charge on any atom is 0.123 e. The van der Waals surface area contributed by atoms with Crippen LogP contribution in [0.5, 0.6) is 0 Å². The van der Waals surface area contributed by atoms with Crippen LogP contribution in [0, 0.1) is 0 Å². The summed E-state index contributed by atoms with van der Waals surface area (Å²) in [6.07, 6.45) is 5.07. The number of fused-ring (bicyclic) bond motifs is 1. The van der Waals surface area contributed by atoms with Crippen molar-refractivity contribution in [3.63, 3.8) is 0 Å². The molecule has 0 saturated carbocycles. The Morgan fingerprint density at radius 3 is 2.65 bits per heavy atom. The second-order valence-electron chi connectivity index (χ2n) is 5.85. The third kappa shape index (κ3) is 3.21. The number of hydrogen-bond donors (Lipinski definition) is 1. The van der Waals surface area contributed by atoms with Crippen LogP contribution in [0.15, 0.2) is 18.2 Å². The summed E-state index contributed by atoms with van der Waals surface area (Å²) in [6, 6.07) is 6.63. The van der Waals surface area contributed by atoms with Crippen molar-refractivity contribution in [2.24, 2.45) is 5.73 Å². The van der Waals surface area contributed by atoms with Gasteiger partial charge in [0, 0.05) is 6.54 Å². The molecule has 0 atom stereocenters. The maximum atomic E-state index is 5.86. The number of benzene rings is 1. The van der Waals surface area contributed by atoms with E-state index in [1.54, 1.807) is 0 Å². The van der Waals surface area contributed by atoms with E-state index in [2.05, 4.69) is 43.5 Å². The van der Waals surface area contributed by atoms with Crippen molar-refractivity contribution in [3.05, 3.63) is 29.6 Å². The van der Waals surface area contributed by atoms with Crippen LogP contribution in [-0.2, 0) is 13.1 Å². The van der Waals surface area contributed by atoms with Gasteiger partial charge in [-0.25, -0.2) is 4.98 Å². The van der Waals surface area contributed by atoms with Crippen molar-refractivity contribution in [2.45, 2.75) is 65.5 Å². The van der Waals surface area contributed by atoms with E-state index in [1.807, 2.05) is 0 Å². The van der Waals surface area contributed by atoms with Gasteiger partial charge >= 0.3 is 0 Å². The van der Waals surface area contributed by atoms with Crippen molar-refractivity contribution in [2.75, 3.05) is 0 Å². The fourth-order valence-corrected chi connectivity index (χ4v) is 2.66. The Morgan fingerprint density at radius 2 is 2.00 bits per heavy atom. The lowest BCUT2D eigenvalue weighted by Crippen LogP contribution is -2.08. The zero-order valence-corrected chi connectivity index (χ0v) is 13.0. The van der Waals surface area contributed by atoms with Gasteiger partial charge < -0.3 is 10.3 Å². The SMILES string of the molecule is CCCCCCn1c(CN)nc2cc(C(C)C)ccc21. The Hall–Kier alpha value is -1.35. The van der Waals surface area contributed by atoms with Gasteiger partial charge in [0.2, 0.25) is 0 Å². The summed E-state index contributed by atoms with van der Waals surface area (Å²) in [4.78, 5) is 4.71. The predicted octanol–water partition coefficient (Wildman–Crippen LogP) is 4.20. The normalized spacial score (nSPS) is 11.7. The molecule has 2 rings (SSSR count). The van der Waals surface area contributed by atoms with Crippen LogP contribution in [0.2, 0.25) is 0 Å². The summed E-state index contributed by atoms with van der Waals surface area (Å²) in [5, 5.41) is 0. The van der Waals surface area contributed by atoms with E-state index in [0.717, 1.165) is 17.9 Å². The molecular weight excluding hydrogens is 246 g/mol. The summed E-state index contributed by atoms with van der Waals surface area (Å²) in [5.41, 5.74) is 9.52. The molecule has 0 bridgehead atoms. The van der Waals surface area contributed by atoms with Crippen molar-refractivity contribution in [1.82, 2.24) is 9.55 Å². The summed E-state index contributed by atoms with van der Waals surface area (Å²) in [5.74, 6) is 1.55. The summed E-state index contributed by atoms with van der Waals surface area (Å²) in [6.45, 7) is 8.22. The monoisotopic (exact) mass is 273 g/mol. The van der Waals surface area contributed by atoms with E-state index >= 15 is 0 Å². The van der Waals surface area contributed by atoms with Crippen LogP contribution in [0.1, 0.15) is 63.8 Å². The number of aryl methyl sites for hydroxylation is 1. The number of nitrogens with two attached hydrogens (primary N) is 1. The van der Waals surface area contributed by atoms with Crippen molar-refractivity contribution in [3.8, 4) is 0 Å². The molecule has 0 aliphatic rings. The molecule has 0 spiro atoms. The summed E-state index contributed by atoms with van der Waals surface area (Å²) in [7, 11) is 0. The van der Waals surface area contributed by atoms with Crippen LogP contribution in [0.4, 0.5) is 0 Å². The average Bonchev–Trinajstić information content (AvgIpc) is 2.80. The lowest BCUT2D eigenvalue weighted by Gasteiger charge is -2.09. The van der Waals surface area contributed by atoms with E-state index < -0.39 is 0 Å². The fourth-order valence-electron chi connectivity index (χ4n) is 2.66. The standard InChI is InChI=1S/C17H27N3/c1-4-5-6-7-10-20-16-9-8-14(13(2)3)11-15(16)19-17(20)12-18/h8-9,11,13H,4-7,10,12,18H2,1-3H3. The Morgan fingerprint density at radius 1 is 1.20 bits per heavy atom. The van der Waals surface area contributed by atoms with Gasteiger partial charge in [0.15, 0.2) is 0 Å². The third-order valence-corrected chi connectivity index (χ3v) is 3.94. The van der Waals surface area contributed by atoms with E-state index in [4.69, 9.17) is 10.7 Å². The van der Waals surface area contributed by atoms with Gasteiger partial charge in [0.25, 0.3) is 0 Å². The van der Waals surface area contributed by atoms with Crippen molar-refractivity contribution >= 4 is 11.0 Å². The largest absolute Gasteiger partial charge is 0.327 e. The molecule has 0 aliphatic carbocycles. The second kappa shape index (κ2) is 6.89. The Labute approximate surface area is 122 Å². The maximum absolute atomic E-state index is 5.86. The van der Waals surface area contributed by atoms with Crippen molar-refractivity contribution < 1.29 is 0 Å². The lowest BCUT2D eigenvalue weighted by molar-refractivity contribution is 0.575. The number of aromatic nitrogens is 2. The predicted molar refractivity (Wildman–Crippen MR) is 85.9 cm³/mol. The highest BCUT2D eigenvalue weighted by Gasteiger charge is 2.10. The first kappa shape index (κ1) is 15.0. The molecule has 0 radical (unpaired) electrons. The second-order valence-corrected chi connectivity index (χ2v) is 5.85. The van der Waals surface area contributed by atoms with Gasteiger partial charge in [0.1, 0.15) is 5.82 Å². The van der Waals surface area contributed by atoms with E-state index in [-0.39, 0.29) is 0 Å². The van der Waals surface area contributed by atoms with Gasteiger partial charge in [-0.15, -0.1) is 0 Å². The minimum absolute atomic E-state index is 0.513. The number of nitrogens with zero attached hydrogens (tertiary/aromatic N) is 2. The average molecular weight is 273 g/mol. The van der Waals surface area contributed by atoms with Crippen LogP contribution in [-0.4, -0.2) is 9.55 Å². The molecule has 3 heteroatoms. The number of hydrogen-bond acceptors (Lipinski definition) is 2. The van der Waals surface area contributed by atoms with Gasteiger partial charge in [-0.3, -0.25) is 0 Å². The molecule has 1 aromatic carbocycles. The quantitative estimate of drug-likeness (QED) is 0.768. The highest BCUT2D eigenvalue weighted by molar-refractivity contribution is 5.77. The molecule has 20 heavy (non-hydrogen) atoms. The molecule has 0 fully saturated rings. The van der Waals surface area contributed by atoms with Gasteiger partial charge in [-0.2, -0.15) is 0 Å². The molecule has 0 saturated heterocycles. The third-order valence-electron chi connectivity index (χ3n) is 3.94. The molecule has 0 amide bonds. The minimum Gasteiger partial charge on any atom is -0.327 e. The Balaban J connectivity index is 2.27. The lowest BCUT2D eigenvalue weighted by atomic mass is 10.0. The molecular formula is C17H27N3. The highest BCUT2D eigenvalue weighted by Crippen LogP contribution is 2.23. The molecule has 1 heterocycles. The minimum atomic E-state index is 0.513. The molecule has 2 aromatic rings. The highest BCUT2D eigenvalue weighted by atomic mass is 15.1. The van der Waals surface area contributed by atoms with Crippen LogP contribution >= 0.6 is 0 Å². The Bertz CT molecular complexity index is 555. The first-order chi connectivity index (χ1) is 9.67. The van der Waals surface area contributed by atoms with Gasteiger partial charge in [-0.05, 0) is 30.0 Å². The zero-order chi connectivity index (χ0) is 14.5. The van der Waals surface area contributed by atoms with E-state index in [0.29, 0.717) is 12.5 Å². The van der Waals surface area contributed by atoms with Crippen molar-refractivity contribution in [1.29, 1.82) is 0 Å².